The summed E-state index contributed by atoms with van der Waals surface area (Å²) >= 11 is 0. The zero-order valence-corrected chi connectivity index (χ0v) is 14.4. The second-order valence-electron chi connectivity index (χ2n) is 6.67. The zero-order chi connectivity index (χ0) is 18.0. The maximum atomic E-state index is 13.2. The van der Waals surface area contributed by atoms with Crippen molar-refractivity contribution in [2.75, 3.05) is 0 Å². The van der Waals surface area contributed by atoms with Crippen molar-refractivity contribution in [1.82, 2.24) is 15.0 Å². The van der Waals surface area contributed by atoms with E-state index < -0.39 is 6.10 Å². The highest BCUT2D eigenvalue weighted by molar-refractivity contribution is 5.71. The minimum Gasteiger partial charge on any atom is -0.462 e. The molecule has 0 aliphatic carbocycles. The number of rotatable bonds is 5. The quantitative estimate of drug-likeness (QED) is 0.842. The Balaban J connectivity index is 1.82. The average molecular weight is 347 g/mol. The van der Waals surface area contributed by atoms with Gasteiger partial charge in [0.2, 0.25) is 0 Å². The number of carbonyl (C=O) groups excluding carboxylic acids is 1. The van der Waals surface area contributed by atoms with Crippen molar-refractivity contribution in [3.63, 3.8) is 0 Å². The lowest BCUT2D eigenvalue weighted by Gasteiger charge is -2.26. The van der Waals surface area contributed by atoms with E-state index in [2.05, 4.69) is 10.3 Å². The van der Waals surface area contributed by atoms with Gasteiger partial charge in [-0.2, -0.15) is 0 Å². The second kappa shape index (κ2) is 7.31. The predicted octanol–water partition coefficient (Wildman–Crippen LogP) is 2.66. The number of aliphatic hydroxyl groups is 1. The van der Waals surface area contributed by atoms with Crippen LogP contribution in [0.1, 0.15) is 44.8 Å². The number of aromatic nitrogens is 3. The van der Waals surface area contributed by atoms with Crippen LogP contribution in [0.5, 0.6) is 0 Å². The number of cyclic esters (lactones) is 1. The van der Waals surface area contributed by atoms with Crippen LogP contribution in [0.25, 0.3) is 11.3 Å². The average Bonchev–Trinajstić information content (AvgIpc) is 2.97. The van der Waals surface area contributed by atoms with Gasteiger partial charge >= 0.3 is 5.97 Å². The Morgan fingerprint density at radius 3 is 2.72 bits per heavy atom. The molecule has 1 fully saturated rings. The first-order chi connectivity index (χ1) is 11.9. The Morgan fingerprint density at radius 1 is 1.36 bits per heavy atom. The van der Waals surface area contributed by atoms with Gasteiger partial charge in [-0.05, 0) is 51.0 Å². The molecule has 6 nitrogen and oxygen atoms in total. The Bertz CT molecular complexity index is 743. The smallest absolute Gasteiger partial charge is 0.308 e. The van der Waals surface area contributed by atoms with Gasteiger partial charge in [-0.1, -0.05) is 5.21 Å². The lowest BCUT2D eigenvalue weighted by molar-refractivity contribution is -0.160. The van der Waals surface area contributed by atoms with Crippen molar-refractivity contribution in [2.24, 2.45) is 0 Å². The summed E-state index contributed by atoms with van der Waals surface area (Å²) in [4.78, 5) is 11.5. The molecule has 134 valence electrons. The van der Waals surface area contributed by atoms with E-state index in [1.165, 1.54) is 12.1 Å². The topological polar surface area (TPSA) is 77.2 Å². The van der Waals surface area contributed by atoms with Gasteiger partial charge in [0.05, 0.1) is 18.2 Å². The number of carbonyl (C=O) groups is 1. The van der Waals surface area contributed by atoms with Crippen molar-refractivity contribution >= 4 is 5.97 Å². The van der Waals surface area contributed by atoms with Crippen LogP contribution in [0.3, 0.4) is 0 Å². The van der Waals surface area contributed by atoms with Crippen molar-refractivity contribution in [3.8, 4) is 11.3 Å². The Labute approximate surface area is 145 Å². The Morgan fingerprint density at radius 2 is 2.08 bits per heavy atom. The van der Waals surface area contributed by atoms with E-state index in [9.17, 15) is 14.3 Å². The minimum absolute atomic E-state index is 0.0583. The molecule has 1 aromatic carbocycles. The van der Waals surface area contributed by atoms with Crippen LogP contribution in [-0.2, 0) is 16.0 Å². The van der Waals surface area contributed by atoms with Crippen molar-refractivity contribution < 1.29 is 19.0 Å². The van der Waals surface area contributed by atoms with Crippen LogP contribution in [0.4, 0.5) is 4.39 Å². The van der Waals surface area contributed by atoms with Crippen LogP contribution in [0.15, 0.2) is 24.3 Å². The normalized spacial score (nSPS) is 20.8. The lowest BCUT2D eigenvalue weighted by atomic mass is 9.99. The summed E-state index contributed by atoms with van der Waals surface area (Å²) in [5.74, 6) is -0.664. The van der Waals surface area contributed by atoms with Gasteiger partial charge in [-0.25, -0.2) is 9.07 Å². The molecular weight excluding hydrogens is 325 g/mol. The number of esters is 1. The molecule has 1 saturated heterocycles. The van der Waals surface area contributed by atoms with E-state index in [0.717, 1.165) is 11.3 Å². The summed E-state index contributed by atoms with van der Waals surface area (Å²) in [6, 6.07) is 6.27. The third-order valence-corrected chi connectivity index (χ3v) is 4.34. The standard InChI is InChI=1S/C18H22FN3O3/c1-11(2)22-16(8-7-15-9-14(23)10-17(24)25-15)18(20-21-22)12-3-5-13(19)6-4-12/h3-6,11,14-15,23H,7-10H2,1-2H3/t14-,15-/m0/s1. The highest BCUT2D eigenvalue weighted by atomic mass is 19.1. The van der Waals surface area contributed by atoms with Crippen LogP contribution >= 0.6 is 0 Å². The molecule has 0 bridgehead atoms. The van der Waals surface area contributed by atoms with Gasteiger partial charge in [-0.15, -0.1) is 5.10 Å². The summed E-state index contributed by atoms with van der Waals surface area (Å²) in [6.45, 7) is 4.02. The van der Waals surface area contributed by atoms with Gasteiger partial charge in [0.1, 0.15) is 17.6 Å². The molecule has 2 aromatic rings. The van der Waals surface area contributed by atoms with Crippen LogP contribution in [-0.4, -0.2) is 38.3 Å². The van der Waals surface area contributed by atoms with Crippen molar-refractivity contribution in [3.05, 3.63) is 35.8 Å². The molecule has 3 rings (SSSR count). The van der Waals surface area contributed by atoms with E-state index in [4.69, 9.17) is 4.74 Å². The number of nitrogens with zero attached hydrogens (tertiary/aromatic N) is 3. The van der Waals surface area contributed by atoms with Crippen molar-refractivity contribution in [2.45, 2.75) is 57.8 Å². The Hall–Kier alpha value is -2.28. The van der Waals surface area contributed by atoms with Crippen molar-refractivity contribution in [1.29, 1.82) is 0 Å². The molecule has 1 N–H and O–H groups in total. The molecule has 0 spiro atoms. The lowest BCUT2D eigenvalue weighted by Crippen LogP contribution is -2.33. The predicted molar refractivity (Wildman–Crippen MR) is 89.2 cm³/mol. The zero-order valence-electron chi connectivity index (χ0n) is 14.4. The van der Waals surface area contributed by atoms with Gasteiger partial charge < -0.3 is 9.84 Å². The van der Waals surface area contributed by atoms with E-state index in [0.29, 0.717) is 25.0 Å². The molecule has 0 saturated carbocycles. The molecule has 0 amide bonds. The third kappa shape index (κ3) is 4.04. The number of ether oxygens (including phenoxy) is 1. The maximum Gasteiger partial charge on any atom is 0.308 e. The van der Waals surface area contributed by atoms with Crippen LogP contribution < -0.4 is 0 Å². The summed E-state index contributed by atoms with van der Waals surface area (Å²) in [7, 11) is 0. The number of hydrogen-bond donors (Lipinski definition) is 1. The molecular formula is C18H22FN3O3. The highest BCUT2D eigenvalue weighted by Gasteiger charge is 2.28. The van der Waals surface area contributed by atoms with Gasteiger partial charge in [-0.3, -0.25) is 4.79 Å². The first kappa shape index (κ1) is 17.5. The van der Waals surface area contributed by atoms with E-state index in [1.54, 1.807) is 12.1 Å². The molecule has 7 heteroatoms. The SMILES string of the molecule is CC(C)n1nnc(-c2ccc(F)cc2)c1CC[C@H]1C[C@H](O)CC(=O)O1. The molecule has 2 atom stereocenters. The fraction of sp³-hybridized carbons (Fsp3) is 0.500. The minimum atomic E-state index is -0.643. The molecule has 1 aromatic heterocycles. The van der Waals surface area contributed by atoms with Crippen LogP contribution in [0, 0.1) is 5.82 Å². The number of aliphatic hydroxyl groups excluding tert-OH is 1. The highest BCUT2D eigenvalue weighted by Crippen LogP contribution is 2.27. The summed E-state index contributed by atoms with van der Waals surface area (Å²) in [5.41, 5.74) is 2.41. The fourth-order valence-electron chi connectivity index (χ4n) is 3.13. The molecule has 2 heterocycles. The molecule has 25 heavy (non-hydrogen) atoms. The summed E-state index contributed by atoms with van der Waals surface area (Å²) in [6.07, 6.45) is 0.729. The molecule has 0 unspecified atom stereocenters. The van der Waals surface area contributed by atoms with Gasteiger partial charge in [0.15, 0.2) is 0 Å². The molecule has 1 aliphatic heterocycles. The van der Waals surface area contributed by atoms with E-state index in [-0.39, 0.29) is 30.4 Å². The monoisotopic (exact) mass is 347 g/mol. The first-order valence-electron chi connectivity index (χ1n) is 8.51. The Kier molecular flexibility index (Phi) is 5.13. The maximum absolute atomic E-state index is 13.2. The first-order valence-corrected chi connectivity index (χ1v) is 8.51. The second-order valence-corrected chi connectivity index (χ2v) is 6.67. The molecule has 1 aliphatic rings. The largest absolute Gasteiger partial charge is 0.462 e. The number of halogens is 1. The van der Waals surface area contributed by atoms with Gasteiger partial charge in [0.25, 0.3) is 0 Å². The van der Waals surface area contributed by atoms with E-state index in [1.807, 2.05) is 18.5 Å². The number of hydrogen-bond acceptors (Lipinski definition) is 5. The molecule has 0 radical (unpaired) electrons. The third-order valence-electron chi connectivity index (χ3n) is 4.34. The number of benzene rings is 1. The summed E-state index contributed by atoms with van der Waals surface area (Å²) < 4.78 is 20.3. The van der Waals surface area contributed by atoms with E-state index >= 15 is 0 Å². The van der Waals surface area contributed by atoms with Crippen LogP contribution in [0.2, 0.25) is 0 Å². The summed E-state index contributed by atoms with van der Waals surface area (Å²) in [5, 5.41) is 18.2. The van der Waals surface area contributed by atoms with Gasteiger partial charge in [0, 0.05) is 18.0 Å². The fourth-order valence-corrected chi connectivity index (χ4v) is 3.13.